The number of fused-ring (bicyclic) bond motifs is 1. The number of rotatable bonds is 2. The quantitative estimate of drug-likeness (QED) is 0.722. The van der Waals surface area contributed by atoms with Crippen LogP contribution in [0.15, 0.2) is 48.9 Å². The van der Waals surface area contributed by atoms with Gasteiger partial charge in [-0.1, -0.05) is 0 Å². The van der Waals surface area contributed by atoms with Gasteiger partial charge in [0.25, 0.3) is 0 Å². The van der Waals surface area contributed by atoms with Crippen molar-refractivity contribution in [3.8, 4) is 22.8 Å². The smallest absolute Gasteiger partial charge is 0.144 e. The van der Waals surface area contributed by atoms with E-state index in [0.717, 1.165) is 41.5 Å². The average Bonchev–Trinajstić information content (AvgIpc) is 3.15. The highest BCUT2D eigenvalue weighted by atomic mass is 16.5. The number of ether oxygens (including phenoxy) is 1. The van der Waals surface area contributed by atoms with Gasteiger partial charge in [0.05, 0.1) is 18.0 Å². The Labute approximate surface area is 123 Å². The molecule has 104 valence electrons. The molecule has 0 fully saturated rings. The summed E-state index contributed by atoms with van der Waals surface area (Å²) in [4.78, 5) is 8.88. The standard InChI is InChI=1S/C17H15N3O/c1-12-15(3-2-7-18-12)20-9-8-19-17(20)14-4-5-16-13(11-14)6-10-21-16/h2-5,7-9,11H,6,10H2,1H3. The van der Waals surface area contributed by atoms with E-state index >= 15 is 0 Å². The van der Waals surface area contributed by atoms with E-state index in [1.54, 1.807) is 0 Å². The van der Waals surface area contributed by atoms with E-state index in [0.29, 0.717) is 0 Å². The molecule has 0 atom stereocenters. The fraction of sp³-hybridized carbons (Fsp3) is 0.176. The van der Waals surface area contributed by atoms with Gasteiger partial charge in [-0.2, -0.15) is 0 Å². The van der Waals surface area contributed by atoms with Crippen LogP contribution in [-0.4, -0.2) is 21.1 Å². The fourth-order valence-electron chi connectivity index (χ4n) is 2.77. The minimum Gasteiger partial charge on any atom is -0.493 e. The molecule has 0 N–H and O–H groups in total. The number of benzene rings is 1. The van der Waals surface area contributed by atoms with Crippen LogP contribution in [0.3, 0.4) is 0 Å². The summed E-state index contributed by atoms with van der Waals surface area (Å²) in [5.41, 5.74) is 4.40. The van der Waals surface area contributed by atoms with Crippen LogP contribution in [0.5, 0.6) is 5.75 Å². The Morgan fingerprint density at radius 1 is 1.14 bits per heavy atom. The van der Waals surface area contributed by atoms with Crippen LogP contribution in [0.25, 0.3) is 17.1 Å². The first-order chi connectivity index (χ1) is 10.3. The van der Waals surface area contributed by atoms with Gasteiger partial charge < -0.3 is 4.74 Å². The van der Waals surface area contributed by atoms with E-state index in [1.807, 2.05) is 37.6 Å². The predicted molar refractivity (Wildman–Crippen MR) is 80.7 cm³/mol. The molecule has 3 aromatic rings. The SMILES string of the molecule is Cc1ncccc1-n1ccnc1-c1ccc2c(c1)CCO2. The Kier molecular flexibility index (Phi) is 2.74. The summed E-state index contributed by atoms with van der Waals surface area (Å²) >= 11 is 0. The maximum Gasteiger partial charge on any atom is 0.144 e. The van der Waals surface area contributed by atoms with Crippen molar-refractivity contribution in [3.63, 3.8) is 0 Å². The van der Waals surface area contributed by atoms with Crippen LogP contribution in [-0.2, 0) is 6.42 Å². The lowest BCUT2D eigenvalue weighted by atomic mass is 10.1. The van der Waals surface area contributed by atoms with Crippen LogP contribution in [0.1, 0.15) is 11.3 Å². The third-order valence-corrected chi connectivity index (χ3v) is 3.83. The van der Waals surface area contributed by atoms with Gasteiger partial charge >= 0.3 is 0 Å². The van der Waals surface area contributed by atoms with Crippen LogP contribution in [0, 0.1) is 6.92 Å². The van der Waals surface area contributed by atoms with Crippen molar-refractivity contribution in [2.75, 3.05) is 6.61 Å². The zero-order valence-electron chi connectivity index (χ0n) is 11.8. The number of hydrogen-bond acceptors (Lipinski definition) is 3. The molecule has 4 rings (SSSR count). The van der Waals surface area contributed by atoms with E-state index < -0.39 is 0 Å². The topological polar surface area (TPSA) is 39.9 Å². The van der Waals surface area contributed by atoms with E-state index in [1.165, 1.54) is 5.56 Å². The molecule has 21 heavy (non-hydrogen) atoms. The first kappa shape index (κ1) is 12.1. The normalized spacial score (nSPS) is 13.0. The second kappa shape index (κ2) is 4.74. The van der Waals surface area contributed by atoms with Crippen molar-refractivity contribution in [1.29, 1.82) is 0 Å². The summed E-state index contributed by atoms with van der Waals surface area (Å²) in [7, 11) is 0. The maximum atomic E-state index is 5.57. The Bertz CT molecular complexity index is 807. The van der Waals surface area contributed by atoms with Gasteiger partial charge in [0.15, 0.2) is 0 Å². The van der Waals surface area contributed by atoms with Gasteiger partial charge in [0.1, 0.15) is 11.6 Å². The van der Waals surface area contributed by atoms with E-state index in [9.17, 15) is 0 Å². The number of aryl methyl sites for hydroxylation is 1. The Balaban J connectivity index is 1.84. The van der Waals surface area contributed by atoms with Crippen LogP contribution >= 0.6 is 0 Å². The minimum absolute atomic E-state index is 0.773. The van der Waals surface area contributed by atoms with Crippen molar-refractivity contribution >= 4 is 0 Å². The average molecular weight is 277 g/mol. The van der Waals surface area contributed by atoms with Gasteiger partial charge in [-0.25, -0.2) is 4.98 Å². The zero-order valence-corrected chi connectivity index (χ0v) is 11.8. The van der Waals surface area contributed by atoms with Crippen molar-refractivity contribution in [2.45, 2.75) is 13.3 Å². The van der Waals surface area contributed by atoms with E-state index in [2.05, 4.69) is 32.7 Å². The van der Waals surface area contributed by atoms with Crippen LogP contribution < -0.4 is 4.74 Å². The van der Waals surface area contributed by atoms with Crippen molar-refractivity contribution < 1.29 is 4.74 Å². The minimum atomic E-state index is 0.773. The molecule has 1 aliphatic rings. The maximum absolute atomic E-state index is 5.57. The summed E-state index contributed by atoms with van der Waals surface area (Å²) in [6, 6.07) is 10.3. The van der Waals surface area contributed by atoms with Gasteiger partial charge in [-0.05, 0) is 42.8 Å². The third-order valence-electron chi connectivity index (χ3n) is 3.83. The molecule has 0 bridgehead atoms. The third kappa shape index (κ3) is 2.00. The first-order valence-corrected chi connectivity index (χ1v) is 7.04. The highest BCUT2D eigenvalue weighted by Crippen LogP contribution is 2.30. The summed E-state index contributed by atoms with van der Waals surface area (Å²) in [6.07, 6.45) is 6.58. The molecule has 0 radical (unpaired) electrons. The summed E-state index contributed by atoms with van der Waals surface area (Å²) < 4.78 is 7.65. The lowest BCUT2D eigenvalue weighted by Gasteiger charge is -2.10. The molecule has 4 heteroatoms. The molecule has 0 amide bonds. The van der Waals surface area contributed by atoms with E-state index in [4.69, 9.17) is 4.74 Å². The second-order valence-electron chi connectivity index (χ2n) is 5.15. The fourth-order valence-corrected chi connectivity index (χ4v) is 2.77. The highest BCUT2D eigenvalue weighted by molar-refractivity contribution is 5.62. The Morgan fingerprint density at radius 3 is 3.00 bits per heavy atom. The first-order valence-electron chi connectivity index (χ1n) is 7.04. The molecule has 0 spiro atoms. The molecule has 0 aliphatic carbocycles. The summed E-state index contributed by atoms with van der Waals surface area (Å²) in [5.74, 6) is 1.93. The highest BCUT2D eigenvalue weighted by Gasteiger charge is 2.15. The molecular formula is C17H15N3O. The molecule has 2 aromatic heterocycles. The molecule has 4 nitrogen and oxygen atoms in total. The lowest BCUT2D eigenvalue weighted by molar-refractivity contribution is 0.357. The number of hydrogen-bond donors (Lipinski definition) is 0. The predicted octanol–water partition coefficient (Wildman–Crippen LogP) is 3.18. The monoisotopic (exact) mass is 277 g/mol. The molecule has 1 aliphatic heterocycles. The molecule has 0 saturated heterocycles. The molecule has 3 heterocycles. The molecule has 0 saturated carbocycles. The molecular weight excluding hydrogens is 262 g/mol. The van der Waals surface area contributed by atoms with Crippen LogP contribution in [0.4, 0.5) is 0 Å². The van der Waals surface area contributed by atoms with Crippen LogP contribution in [0.2, 0.25) is 0 Å². The largest absolute Gasteiger partial charge is 0.493 e. The summed E-state index contributed by atoms with van der Waals surface area (Å²) in [5, 5.41) is 0. The van der Waals surface area contributed by atoms with Gasteiger partial charge in [0.2, 0.25) is 0 Å². The Morgan fingerprint density at radius 2 is 2.10 bits per heavy atom. The second-order valence-corrected chi connectivity index (χ2v) is 5.15. The number of aromatic nitrogens is 3. The van der Waals surface area contributed by atoms with E-state index in [-0.39, 0.29) is 0 Å². The number of pyridine rings is 1. The van der Waals surface area contributed by atoms with Crippen molar-refractivity contribution in [2.24, 2.45) is 0 Å². The lowest BCUT2D eigenvalue weighted by Crippen LogP contribution is -2.00. The zero-order chi connectivity index (χ0) is 14.2. The number of nitrogens with zero attached hydrogens (tertiary/aromatic N) is 3. The number of imidazole rings is 1. The van der Waals surface area contributed by atoms with Crippen molar-refractivity contribution in [1.82, 2.24) is 14.5 Å². The van der Waals surface area contributed by atoms with Gasteiger partial charge in [-0.3, -0.25) is 9.55 Å². The van der Waals surface area contributed by atoms with Gasteiger partial charge in [-0.15, -0.1) is 0 Å². The Hall–Kier alpha value is -2.62. The molecule has 0 unspecified atom stereocenters. The van der Waals surface area contributed by atoms with Gasteiger partial charge in [0, 0.05) is 30.6 Å². The van der Waals surface area contributed by atoms with Crippen molar-refractivity contribution in [3.05, 3.63) is 60.2 Å². The summed E-state index contributed by atoms with van der Waals surface area (Å²) in [6.45, 7) is 2.78. The molecule has 1 aromatic carbocycles.